The van der Waals surface area contributed by atoms with Crippen molar-refractivity contribution in [1.29, 1.82) is 0 Å². The number of amides is 1. The Morgan fingerprint density at radius 1 is 1.30 bits per heavy atom. The first-order valence-corrected chi connectivity index (χ1v) is 9.33. The first kappa shape index (κ1) is 19.0. The van der Waals surface area contributed by atoms with Crippen molar-refractivity contribution >= 4 is 28.9 Å². The minimum Gasteiger partial charge on any atom is -0.466 e. The molecular formula is C19H21N3O4S. The fourth-order valence-corrected chi connectivity index (χ4v) is 3.87. The molecule has 0 saturated carbocycles. The first-order valence-electron chi connectivity index (χ1n) is 8.52. The molecule has 1 aliphatic heterocycles. The molecule has 0 radical (unpaired) electrons. The molecular weight excluding hydrogens is 366 g/mol. The van der Waals surface area contributed by atoms with Gasteiger partial charge in [-0.2, -0.15) is 0 Å². The molecule has 0 aliphatic carbocycles. The van der Waals surface area contributed by atoms with Crippen LogP contribution < -0.4 is 5.32 Å². The molecule has 1 aromatic carbocycles. The van der Waals surface area contributed by atoms with Crippen LogP contribution in [-0.4, -0.2) is 41.8 Å². The van der Waals surface area contributed by atoms with Gasteiger partial charge in [0.25, 0.3) is 5.91 Å². The van der Waals surface area contributed by atoms with Crippen molar-refractivity contribution < 1.29 is 19.2 Å². The average molecular weight is 387 g/mol. The fraction of sp³-hybridized carbons (Fsp3) is 0.368. The van der Waals surface area contributed by atoms with E-state index in [0.717, 1.165) is 10.6 Å². The zero-order valence-corrected chi connectivity index (χ0v) is 16.3. The summed E-state index contributed by atoms with van der Waals surface area (Å²) in [5.74, 6) is -0.690. The number of carbonyl (C=O) groups excluding carboxylic acids is 2. The third-order valence-electron chi connectivity index (χ3n) is 4.29. The summed E-state index contributed by atoms with van der Waals surface area (Å²) in [7, 11) is 1.33. The highest BCUT2D eigenvalue weighted by Crippen LogP contribution is 2.29. The minimum absolute atomic E-state index is 0.197. The maximum atomic E-state index is 12.4. The van der Waals surface area contributed by atoms with E-state index in [1.165, 1.54) is 18.4 Å². The van der Waals surface area contributed by atoms with Crippen LogP contribution in [0.5, 0.6) is 0 Å². The number of ether oxygens (including phenoxy) is 1. The summed E-state index contributed by atoms with van der Waals surface area (Å²) in [6.07, 6.45) is 0.601. The van der Waals surface area contributed by atoms with E-state index in [9.17, 15) is 9.59 Å². The van der Waals surface area contributed by atoms with Crippen LogP contribution >= 0.6 is 11.3 Å². The quantitative estimate of drug-likeness (QED) is 0.769. The number of carbonyl (C=O) groups is 2. The average Bonchev–Trinajstić information content (AvgIpc) is 3.23. The summed E-state index contributed by atoms with van der Waals surface area (Å²) >= 11 is 1.35. The van der Waals surface area contributed by atoms with E-state index in [2.05, 4.69) is 15.5 Å². The van der Waals surface area contributed by atoms with Crippen LogP contribution in [0.25, 0.3) is 0 Å². The van der Waals surface area contributed by atoms with Gasteiger partial charge in [-0.1, -0.05) is 35.5 Å². The smallest absolute Gasteiger partial charge is 0.353 e. The second kappa shape index (κ2) is 7.87. The molecule has 0 fully saturated rings. The highest BCUT2D eigenvalue weighted by Gasteiger charge is 2.47. The monoisotopic (exact) mass is 387 g/mol. The van der Waals surface area contributed by atoms with Gasteiger partial charge >= 0.3 is 5.97 Å². The Morgan fingerprint density at radius 2 is 2.04 bits per heavy atom. The van der Waals surface area contributed by atoms with Gasteiger partial charge in [0.05, 0.1) is 30.1 Å². The van der Waals surface area contributed by atoms with Gasteiger partial charge in [0, 0.05) is 12.8 Å². The first-order chi connectivity index (χ1) is 12.9. The SMILES string of the molecule is COC(=O)C1(Cc2ccccc2)CC(CNC(=O)c2sc(C)nc2C)=NO1. The predicted molar refractivity (Wildman–Crippen MR) is 102 cm³/mol. The number of esters is 1. The lowest BCUT2D eigenvalue weighted by molar-refractivity contribution is -0.166. The van der Waals surface area contributed by atoms with E-state index in [0.29, 0.717) is 22.7 Å². The van der Waals surface area contributed by atoms with Gasteiger partial charge in [0.1, 0.15) is 4.88 Å². The molecule has 2 heterocycles. The molecule has 7 nitrogen and oxygen atoms in total. The molecule has 1 aromatic heterocycles. The van der Waals surface area contributed by atoms with Crippen LogP contribution in [0.15, 0.2) is 35.5 Å². The molecule has 1 aliphatic rings. The number of nitrogens with one attached hydrogen (secondary N) is 1. The van der Waals surface area contributed by atoms with Crippen molar-refractivity contribution in [2.45, 2.75) is 32.3 Å². The predicted octanol–water partition coefficient (Wildman–Crippen LogP) is 2.42. The molecule has 27 heavy (non-hydrogen) atoms. The molecule has 3 rings (SSSR count). The van der Waals surface area contributed by atoms with Gasteiger partial charge < -0.3 is 14.9 Å². The zero-order valence-electron chi connectivity index (χ0n) is 15.4. The van der Waals surface area contributed by atoms with E-state index in [1.807, 2.05) is 37.3 Å². The number of oxime groups is 1. The lowest BCUT2D eigenvalue weighted by atomic mass is 9.89. The second-order valence-corrected chi connectivity index (χ2v) is 7.61. The number of hydrogen-bond acceptors (Lipinski definition) is 7. The van der Waals surface area contributed by atoms with E-state index < -0.39 is 11.6 Å². The Balaban J connectivity index is 1.66. The summed E-state index contributed by atoms with van der Waals surface area (Å²) < 4.78 is 4.94. The molecule has 0 bridgehead atoms. The zero-order chi connectivity index (χ0) is 19.4. The summed E-state index contributed by atoms with van der Waals surface area (Å²) in [4.78, 5) is 35.1. The largest absolute Gasteiger partial charge is 0.466 e. The van der Waals surface area contributed by atoms with Gasteiger partial charge in [-0.25, -0.2) is 9.78 Å². The Kier molecular flexibility index (Phi) is 5.55. The van der Waals surface area contributed by atoms with Gasteiger partial charge in [0.2, 0.25) is 5.60 Å². The number of thiazole rings is 1. The van der Waals surface area contributed by atoms with Gasteiger partial charge in [0.15, 0.2) is 0 Å². The third kappa shape index (κ3) is 4.16. The molecule has 1 unspecified atom stereocenters. The summed E-state index contributed by atoms with van der Waals surface area (Å²) in [5, 5.41) is 7.70. The molecule has 0 spiro atoms. The Bertz CT molecular complexity index is 878. The van der Waals surface area contributed by atoms with E-state index >= 15 is 0 Å². The molecule has 1 atom stereocenters. The van der Waals surface area contributed by atoms with Crippen molar-refractivity contribution in [2.75, 3.05) is 13.7 Å². The Labute approximate surface area is 161 Å². The van der Waals surface area contributed by atoms with Crippen LogP contribution in [0.1, 0.15) is 32.4 Å². The molecule has 8 heteroatoms. The van der Waals surface area contributed by atoms with Crippen LogP contribution in [0.2, 0.25) is 0 Å². The molecule has 1 amide bonds. The number of benzene rings is 1. The molecule has 142 valence electrons. The van der Waals surface area contributed by atoms with Crippen molar-refractivity contribution in [1.82, 2.24) is 10.3 Å². The number of aryl methyl sites for hydroxylation is 2. The van der Waals surface area contributed by atoms with Crippen LogP contribution in [-0.2, 0) is 20.8 Å². The van der Waals surface area contributed by atoms with Crippen LogP contribution in [0.3, 0.4) is 0 Å². The molecule has 1 N–H and O–H groups in total. The summed E-state index contributed by atoms with van der Waals surface area (Å²) in [5.41, 5.74) is 1.03. The van der Waals surface area contributed by atoms with E-state index in [-0.39, 0.29) is 18.9 Å². The van der Waals surface area contributed by atoms with E-state index in [1.54, 1.807) is 6.92 Å². The topological polar surface area (TPSA) is 89.9 Å². The minimum atomic E-state index is -1.20. The van der Waals surface area contributed by atoms with E-state index in [4.69, 9.17) is 9.57 Å². The lowest BCUT2D eigenvalue weighted by Gasteiger charge is -2.23. The summed E-state index contributed by atoms with van der Waals surface area (Å²) in [6.45, 7) is 3.86. The van der Waals surface area contributed by atoms with Crippen LogP contribution in [0, 0.1) is 13.8 Å². The highest BCUT2D eigenvalue weighted by molar-refractivity contribution is 7.13. The Morgan fingerprint density at radius 3 is 2.67 bits per heavy atom. The van der Waals surface area contributed by atoms with Gasteiger partial charge in [-0.15, -0.1) is 11.3 Å². The lowest BCUT2D eigenvalue weighted by Crippen LogP contribution is -2.43. The number of rotatable bonds is 6. The Hall–Kier alpha value is -2.74. The number of aromatic nitrogens is 1. The second-order valence-electron chi connectivity index (χ2n) is 6.40. The van der Waals surface area contributed by atoms with Crippen LogP contribution in [0.4, 0.5) is 0 Å². The maximum absolute atomic E-state index is 12.4. The number of nitrogens with zero attached hydrogens (tertiary/aromatic N) is 2. The van der Waals surface area contributed by atoms with Crippen molar-refractivity contribution in [3.63, 3.8) is 0 Å². The number of methoxy groups -OCH3 is 1. The highest BCUT2D eigenvalue weighted by atomic mass is 32.1. The maximum Gasteiger partial charge on any atom is 0.353 e. The van der Waals surface area contributed by atoms with Gasteiger partial charge in [-0.3, -0.25) is 4.79 Å². The standard InChI is InChI=1S/C19H21N3O4S/c1-12-16(27-13(2)21-12)17(23)20-11-15-10-19(26-22-15,18(24)25-3)9-14-7-5-4-6-8-14/h4-8H,9-11H2,1-3H3,(H,20,23). The normalized spacial score (nSPS) is 18.6. The van der Waals surface area contributed by atoms with Gasteiger partial charge in [-0.05, 0) is 19.4 Å². The van der Waals surface area contributed by atoms with Crippen molar-refractivity contribution in [3.05, 3.63) is 51.5 Å². The molecule has 0 saturated heterocycles. The fourth-order valence-electron chi connectivity index (χ4n) is 3.03. The summed E-state index contributed by atoms with van der Waals surface area (Å²) in [6, 6.07) is 9.54. The molecule has 2 aromatic rings. The number of hydrogen-bond donors (Lipinski definition) is 1. The van der Waals surface area contributed by atoms with Crippen molar-refractivity contribution in [2.24, 2.45) is 5.16 Å². The third-order valence-corrected chi connectivity index (χ3v) is 5.36. The van der Waals surface area contributed by atoms with Crippen molar-refractivity contribution in [3.8, 4) is 0 Å².